The van der Waals surface area contributed by atoms with Crippen LogP contribution in [-0.4, -0.2) is 37.2 Å². The first kappa shape index (κ1) is 54.8. The molecule has 330 valence electrons. The maximum Gasteiger partial charge on any atom is 0.306 e. The number of hydrogen-bond donors (Lipinski definition) is 0. The van der Waals surface area contributed by atoms with Crippen LogP contribution in [0.5, 0.6) is 0 Å². The maximum atomic E-state index is 12.7. The number of hydrogen-bond acceptors (Lipinski definition) is 6. The van der Waals surface area contributed by atoms with E-state index in [0.717, 1.165) is 77.0 Å². The molecule has 0 bridgehead atoms. The van der Waals surface area contributed by atoms with Crippen molar-refractivity contribution in [1.82, 2.24) is 0 Å². The van der Waals surface area contributed by atoms with E-state index in [-0.39, 0.29) is 44.4 Å². The Hall–Kier alpha value is -4.19. The Balaban J connectivity index is 4.58. The third kappa shape index (κ3) is 44.8. The molecule has 0 aliphatic heterocycles. The SMILES string of the molecule is CC/C=C\C/C=C\C/C=C\C/C=C\C/C=C\C/C=C\CCC(=O)OCC(COC(=O)CCCC/C=C\C/C=C\CC)OC(=O)CC/C=C\C/C=C\CCCCCCCC. The van der Waals surface area contributed by atoms with Gasteiger partial charge in [0.1, 0.15) is 13.2 Å². The predicted octanol–water partition coefficient (Wildman–Crippen LogP) is 15.0. The Morgan fingerprint density at radius 1 is 0.356 bits per heavy atom. The number of ether oxygens (including phenoxy) is 3. The van der Waals surface area contributed by atoms with Crippen molar-refractivity contribution in [2.24, 2.45) is 0 Å². The van der Waals surface area contributed by atoms with Crippen molar-refractivity contribution in [3.8, 4) is 0 Å². The zero-order chi connectivity index (χ0) is 43.0. The summed E-state index contributed by atoms with van der Waals surface area (Å²) >= 11 is 0. The molecule has 0 aromatic carbocycles. The average molecular weight is 815 g/mol. The van der Waals surface area contributed by atoms with E-state index in [1.807, 2.05) is 18.2 Å². The van der Waals surface area contributed by atoms with Gasteiger partial charge in [0.05, 0.1) is 0 Å². The molecule has 0 amide bonds. The van der Waals surface area contributed by atoms with E-state index < -0.39 is 12.1 Å². The third-order valence-electron chi connectivity index (χ3n) is 8.96. The van der Waals surface area contributed by atoms with Crippen molar-refractivity contribution in [2.75, 3.05) is 13.2 Å². The molecule has 1 atom stereocenters. The van der Waals surface area contributed by atoms with Gasteiger partial charge in [0.15, 0.2) is 6.10 Å². The van der Waals surface area contributed by atoms with Gasteiger partial charge in [-0.3, -0.25) is 14.4 Å². The molecule has 0 aliphatic rings. The van der Waals surface area contributed by atoms with E-state index in [2.05, 4.69) is 124 Å². The van der Waals surface area contributed by atoms with Gasteiger partial charge in [0.25, 0.3) is 0 Å². The lowest BCUT2D eigenvalue weighted by Crippen LogP contribution is -2.30. The molecule has 0 spiro atoms. The summed E-state index contributed by atoms with van der Waals surface area (Å²) in [5.41, 5.74) is 0. The van der Waals surface area contributed by atoms with Crippen LogP contribution in [0, 0.1) is 0 Å². The molecule has 0 saturated carbocycles. The van der Waals surface area contributed by atoms with Crippen molar-refractivity contribution in [3.63, 3.8) is 0 Å². The first-order chi connectivity index (χ1) is 29.0. The highest BCUT2D eigenvalue weighted by Gasteiger charge is 2.19. The molecular weight excluding hydrogens is 733 g/mol. The summed E-state index contributed by atoms with van der Waals surface area (Å²) in [7, 11) is 0. The van der Waals surface area contributed by atoms with Crippen LogP contribution in [0.1, 0.15) is 175 Å². The molecule has 0 radical (unpaired) electrons. The van der Waals surface area contributed by atoms with Crippen LogP contribution in [0.15, 0.2) is 122 Å². The molecule has 1 unspecified atom stereocenters. The molecule has 0 rings (SSSR count). The van der Waals surface area contributed by atoms with Crippen LogP contribution in [-0.2, 0) is 28.6 Å². The normalized spacial score (nSPS) is 13.2. The summed E-state index contributed by atoms with van der Waals surface area (Å²) in [6.07, 6.45) is 63.6. The highest BCUT2D eigenvalue weighted by molar-refractivity contribution is 5.71. The van der Waals surface area contributed by atoms with Gasteiger partial charge in [-0.25, -0.2) is 0 Å². The molecule has 0 N–H and O–H groups in total. The zero-order valence-electron chi connectivity index (χ0n) is 37.5. The fourth-order valence-electron chi connectivity index (χ4n) is 5.56. The van der Waals surface area contributed by atoms with Gasteiger partial charge in [0, 0.05) is 19.3 Å². The minimum absolute atomic E-state index is 0.145. The van der Waals surface area contributed by atoms with Crippen molar-refractivity contribution in [3.05, 3.63) is 122 Å². The number of esters is 3. The number of carbonyl (C=O) groups excluding carboxylic acids is 3. The van der Waals surface area contributed by atoms with E-state index in [4.69, 9.17) is 14.2 Å². The predicted molar refractivity (Wildman–Crippen MR) is 251 cm³/mol. The van der Waals surface area contributed by atoms with Crippen molar-refractivity contribution < 1.29 is 28.6 Å². The van der Waals surface area contributed by atoms with E-state index in [9.17, 15) is 14.4 Å². The fraction of sp³-hybridized carbons (Fsp3) is 0.566. The minimum atomic E-state index is -0.853. The molecule has 0 fully saturated rings. The summed E-state index contributed by atoms with van der Waals surface area (Å²) in [4.78, 5) is 37.6. The molecule has 0 saturated heterocycles. The number of allylic oxidation sites excluding steroid dienone is 20. The van der Waals surface area contributed by atoms with Gasteiger partial charge in [-0.05, 0) is 103 Å². The highest BCUT2D eigenvalue weighted by Crippen LogP contribution is 2.09. The monoisotopic (exact) mass is 815 g/mol. The zero-order valence-corrected chi connectivity index (χ0v) is 37.5. The minimum Gasteiger partial charge on any atom is -0.462 e. The lowest BCUT2D eigenvalue weighted by Gasteiger charge is -2.18. The lowest BCUT2D eigenvalue weighted by atomic mass is 10.1. The maximum absolute atomic E-state index is 12.7. The van der Waals surface area contributed by atoms with E-state index in [1.165, 1.54) is 38.5 Å². The highest BCUT2D eigenvalue weighted by atomic mass is 16.6. The summed E-state index contributed by atoms with van der Waals surface area (Å²) in [6.45, 7) is 6.20. The Kier molecular flexibility index (Phi) is 43.2. The first-order valence-electron chi connectivity index (χ1n) is 23.0. The summed E-state index contributed by atoms with van der Waals surface area (Å²) in [5, 5.41) is 0. The number of unbranched alkanes of at least 4 members (excludes halogenated alkanes) is 8. The van der Waals surface area contributed by atoms with Crippen molar-refractivity contribution in [2.45, 2.75) is 181 Å². The molecule has 0 aromatic rings. The summed E-state index contributed by atoms with van der Waals surface area (Å²) in [6, 6.07) is 0. The van der Waals surface area contributed by atoms with Gasteiger partial charge in [0.2, 0.25) is 0 Å². The van der Waals surface area contributed by atoms with Crippen molar-refractivity contribution >= 4 is 17.9 Å². The second kappa shape index (κ2) is 46.5. The molecular formula is C53H82O6. The van der Waals surface area contributed by atoms with Gasteiger partial charge in [-0.2, -0.15) is 0 Å². The van der Waals surface area contributed by atoms with Gasteiger partial charge in [-0.15, -0.1) is 0 Å². The number of carbonyl (C=O) groups is 3. The van der Waals surface area contributed by atoms with Gasteiger partial charge in [-0.1, -0.05) is 174 Å². The van der Waals surface area contributed by atoms with Crippen LogP contribution in [0.3, 0.4) is 0 Å². The Bertz CT molecular complexity index is 1300. The Morgan fingerprint density at radius 3 is 1.14 bits per heavy atom. The molecule has 0 aromatic heterocycles. The van der Waals surface area contributed by atoms with Crippen LogP contribution < -0.4 is 0 Å². The Morgan fingerprint density at radius 2 is 0.695 bits per heavy atom. The molecule has 6 heteroatoms. The van der Waals surface area contributed by atoms with Crippen LogP contribution in [0.2, 0.25) is 0 Å². The fourth-order valence-corrected chi connectivity index (χ4v) is 5.56. The van der Waals surface area contributed by atoms with E-state index in [1.54, 1.807) is 0 Å². The Labute approximate surface area is 361 Å². The summed E-state index contributed by atoms with van der Waals surface area (Å²) < 4.78 is 16.5. The molecule has 59 heavy (non-hydrogen) atoms. The van der Waals surface area contributed by atoms with E-state index in [0.29, 0.717) is 19.3 Å². The van der Waals surface area contributed by atoms with E-state index >= 15 is 0 Å². The smallest absolute Gasteiger partial charge is 0.306 e. The van der Waals surface area contributed by atoms with Crippen LogP contribution in [0.25, 0.3) is 0 Å². The number of rotatable bonds is 39. The van der Waals surface area contributed by atoms with Gasteiger partial charge < -0.3 is 14.2 Å². The van der Waals surface area contributed by atoms with Gasteiger partial charge >= 0.3 is 17.9 Å². The molecule has 0 heterocycles. The standard InChI is InChI=1S/C53H82O6/c1-4-7-10-13-16-19-21-23-24-25-26-27-28-30-31-34-37-40-43-46-52(55)58-49-50(48-57-51(54)45-42-39-36-33-18-15-12-9-6-3)59-53(56)47-44-41-38-35-32-29-22-20-17-14-11-8-5-2/h7,9-10,12,16,18-19,23-24,26-27,29-33,37-38,40-41,50H,4-6,8,11,13-15,17,20-22,25,28,34-36,39,42-49H2,1-3H3/b10-7-,12-9-,19-16-,24-23-,27-26-,31-30-,32-29-,33-18-,40-37-,41-38-. The third-order valence-corrected chi connectivity index (χ3v) is 8.96. The lowest BCUT2D eigenvalue weighted by molar-refractivity contribution is -0.166. The van der Waals surface area contributed by atoms with Crippen molar-refractivity contribution in [1.29, 1.82) is 0 Å². The second-order valence-corrected chi connectivity index (χ2v) is 14.5. The quantitative estimate of drug-likeness (QED) is 0.0266. The first-order valence-corrected chi connectivity index (χ1v) is 23.0. The second-order valence-electron chi connectivity index (χ2n) is 14.5. The van der Waals surface area contributed by atoms with Crippen LogP contribution >= 0.6 is 0 Å². The topological polar surface area (TPSA) is 78.9 Å². The average Bonchev–Trinajstić information content (AvgIpc) is 3.23. The summed E-state index contributed by atoms with van der Waals surface area (Å²) in [5.74, 6) is -1.15. The largest absolute Gasteiger partial charge is 0.462 e. The molecule has 0 aliphatic carbocycles. The molecule has 6 nitrogen and oxygen atoms in total. The van der Waals surface area contributed by atoms with Crippen LogP contribution in [0.4, 0.5) is 0 Å².